The molecule has 3 rings (SSSR count). The SMILES string of the molecule is CC.CC1=C=C2OCCC2C1.CCCCCCc1ccc(CCC)cc1Cl. The van der Waals surface area contributed by atoms with Crippen LogP contribution in [0.15, 0.2) is 35.3 Å². The van der Waals surface area contributed by atoms with Gasteiger partial charge in [0.2, 0.25) is 0 Å². The van der Waals surface area contributed by atoms with Crippen LogP contribution in [0.3, 0.4) is 0 Å². The van der Waals surface area contributed by atoms with Gasteiger partial charge in [-0.1, -0.05) is 82.8 Å². The molecule has 1 aliphatic heterocycles. The van der Waals surface area contributed by atoms with E-state index in [1.165, 1.54) is 61.6 Å². The molecule has 1 fully saturated rings. The molecule has 1 aromatic rings. The van der Waals surface area contributed by atoms with Gasteiger partial charge in [-0.3, -0.25) is 0 Å². The quantitative estimate of drug-likeness (QED) is 0.336. The maximum atomic E-state index is 6.28. The standard InChI is InChI=1S/C15H23Cl.C8H10O.C2H6/c1-3-5-6-7-9-14-11-10-13(8-4-2)12-15(14)16;1-6-4-7-2-3-9-8(7)5-6;1-2/h10-12H,3-9H2,1-2H3;7H,2-4H2,1H3;1-2H3. The third-order valence-corrected chi connectivity index (χ3v) is 5.29. The van der Waals surface area contributed by atoms with Crippen molar-refractivity contribution >= 4 is 11.6 Å². The number of fused-ring (bicyclic) bond motifs is 1. The van der Waals surface area contributed by atoms with Crippen LogP contribution in [0.5, 0.6) is 0 Å². The largest absolute Gasteiger partial charge is 0.490 e. The van der Waals surface area contributed by atoms with Crippen LogP contribution in [0.4, 0.5) is 0 Å². The van der Waals surface area contributed by atoms with Crippen LogP contribution < -0.4 is 0 Å². The average molecular weight is 391 g/mol. The van der Waals surface area contributed by atoms with Gasteiger partial charge >= 0.3 is 0 Å². The highest BCUT2D eigenvalue weighted by Gasteiger charge is 2.26. The molecule has 1 nitrogen and oxygen atoms in total. The summed E-state index contributed by atoms with van der Waals surface area (Å²) in [4.78, 5) is 0. The Morgan fingerprint density at radius 2 is 1.85 bits per heavy atom. The molecule has 1 atom stereocenters. The highest BCUT2D eigenvalue weighted by atomic mass is 35.5. The molecule has 2 heteroatoms. The van der Waals surface area contributed by atoms with Crippen molar-refractivity contribution in [2.75, 3.05) is 6.61 Å². The van der Waals surface area contributed by atoms with E-state index < -0.39 is 0 Å². The van der Waals surface area contributed by atoms with Crippen molar-refractivity contribution in [3.05, 3.63) is 51.4 Å². The van der Waals surface area contributed by atoms with E-state index in [0.717, 1.165) is 30.2 Å². The normalized spacial score (nSPS) is 16.9. The summed E-state index contributed by atoms with van der Waals surface area (Å²) in [5, 5.41) is 0.961. The topological polar surface area (TPSA) is 9.23 Å². The first-order valence-electron chi connectivity index (χ1n) is 11.0. The molecule has 0 radical (unpaired) electrons. The summed E-state index contributed by atoms with van der Waals surface area (Å²) in [6.07, 6.45) is 11.1. The zero-order chi connectivity index (χ0) is 20.1. The molecule has 0 amide bonds. The fraction of sp³-hybridized carbons (Fsp3) is 0.640. The van der Waals surface area contributed by atoms with Crippen molar-refractivity contribution in [2.24, 2.45) is 5.92 Å². The zero-order valence-corrected chi connectivity index (χ0v) is 18.9. The number of hydrogen-bond acceptors (Lipinski definition) is 1. The number of halogens is 1. The van der Waals surface area contributed by atoms with Crippen LogP contribution in [0.1, 0.15) is 90.7 Å². The molecular weight excluding hydrogens is 352 g/mol. The lowest BCUT2D eigenvalue weighted by Crippen LogP contribution is -1.90. The molecule has 1 saturated heterocycles. The van der Waals surface area contributed by atoms with E-state index in [-0.39, 0.29) is 0 Å². The Hall–Kier alpha value is -1.17. The Bertz CT molecular complexity index is 611. The number of hydrogen-bond donors (Lipinski definition) is 0. The maximum absolute atomic E-state index is 6.28. The smallest absolute Gasteiger partial charge is 0.142 e. The predicted octanol–water partition coefficient (Wildman–Crippen LogP) is 8.30. The van der Waals surface area contributed by atoms with Crippen molar-refractivity contribution in [3.8, 4) is 0 Å². The number of rotatable bonds is 7. The molecule has 2 aliphatic rings. The molecule has 1 aromatic carbocycles. The fourth-order valence-corrected chi connectivity index (χ4v) is 3.80. The Labute approximate surface area is 172 Å². The van der Waals surface area contributed by atoms with E-state index in [9.17, 15) is 0 Å². The third kappa shape index (κ3) is 8.58. The molecule has 0 bridgehead atoms. The van der Waals surface area contributed by atoms with Crippen LogP contribution in [-0.2, 0) is 17.6 Å². The fourth-order valence-electron chi connectivity index (χ4n) is 3.50. The van der Waals surface area contributed by atoms with Crippen LogP contribution in [0, 0.1) is 5.92 Å². The minimum absolute atomic E-state index is 0.699. The first kappa shape index (κ1) is 23.9. The van der Waals surface area contributed by atoms with Crippen LogP contribution in [-0.4, -0.2) is 6.61 Å². The van der Waals surface area contributed by atoms with Gasteiger partial charge in [0.25, 0.3) is 0 Å². The first-order chi connectivity index (χ1) is 13.1. The van der Waals surface area contributed by atoms with E-state index in [2.05, 4.69) is 44.7 Å². The molecule has 0 spiro atoms. The highest BCUT2D eigenvalue weighted by molar-refractivity contribution is 6.31. The second-order valence-corrected chi connectivity index (χ2v) is 7.70. The summed E-state index contributed by atoms with van der Waals surface area (Å²) in [5.41, 5.74) is 7.27. The second-order valence-electron chi connectivity index (χ2n) is 7.29. The van der Waals surface area contributed by atoms with E-state index in [4.69, 9.17) is 16.3 Å². The van der Waals surface area contributed by atoms with E-state index in [1.807, 2.05) is 13.8 Å². The molecule has 1 heterocycles. The third-order valence-electron chi connectivity index (χ3n) is 4.94. The molecule has 1 aliphatic carbocycles. The summed E-state index contributed by atoms with van der Waals surface area (Å²) in [6, 6.07) is 6.57. The van der Waals surface area contributed by atoms with Crippen LogP contribution >= 0.6 is 11.6 Å². The van der Waals surface area contributed by atoms with Crippen molar-refractivity contribution in [1.82, 2.24) is 0 Å². The van der Waals surface area contributed by atoms with Gasteiger partial charge in [-0.05, 0) is 61.8 Å². The Morgan fingerprint density at radius 1 is 1.07 bits per heavy atom. The molecule has 0 saturated carbocycles. The van der Waals surface area contributed by atoms with E-state index >= 15 is 0 Å². The second kappa shape index (κ2) is 13.9. The maximum Gasteiger partial charge on any atom is 0.142 e. The number of benzene rings is 1. The van der Waals surface area contributed by atoms with Gasteiger partial charge in [0.05, 0.1) is 6.61 Å². The predicted molar refractivity (Wildman–Crippen MR) is 120 cm³/mol. The van der Waals surface area contributed by atoms with Gasteiger partial charge in [0.15, 0.2) is 0 Å². The average Bonchev–Trinajstić information content (AvgIpc) is 3.23. The number of ether oxygens (including phenoxy) is 1. The van der Waals surface area contributed by atoms with Gasteiger partial charge in [-0.2, -0.15) is 0 Å². The molecule has 0 aromatic heterocycles. The van der Waals surface area contributed by atoms with E-state index in [0.29, 0.717) is 5.92 Å². The van der Waals surface area contributed by atoms with Gasteiger partial charge in [0, 0.05) is 10.9 Å². The van der Waals surface area contributed by atoms with Crippen molar-refractivity contribution < 1.29 is 4.74 Å². The minimum atomic E-state index is 0.699. The molecular formula is C25H39ClO. The summed E-state index contributed by atoms with van der Waals surface area (Å²) >= 11 is 6.28. The summed E-state index contributed by atoms with van der Waals surface area (Å²) in [5.74, 6) is 1.82. The molecule has 1 unspecified atom stereocenters. The Kier molecular flexibility index (Phi) is 12.3. The number of aryl methyl sites for hydroxylation is 2. The Morgan fingerprint density at radius 3 is 2.48 bits per heavy atom. The van der Waals surface area contributed by atoms with Gasteiger partial charge < -0.3 is 4.74 Å². The number of unbranched alkanes of at least 4 members (excludes halogenated alkanes) is 3. The summed E-state index contributed by atoms with van der Waals surface area (Å²) in [7, 11) is 0. The molecule has 152 valence electrons. The zero-order valence-electron chi connectivity index (χ0n) is 18.2. The first-order valence-corrected chi connectivity index (χ1v) is 11.4. The van der Waals surface area contributed by atoms with Gasteiger partial charge in [-0.15, -0.1) is 0 Å². The van der Waals surface area contributed by atoms with Crippen LogP contribution in [0.25, 0.3) is 0 Å². The van der Waals surface area contributed by atoms with Crippen molar-refractivity contribution in [1.29, 1.82) is 0 Å². The van der Waals surface area contributed by atoms with E-state index in [1.54, 1.807) is 0 Å². The minimum Gasteiger partial charge on any atom is -0.490 e. The highest BCUT2D eigenvalue weighted by Crippen LogP contribution is 2.33. The number of allylic oxidation sites excluding steroid dienone is 1. The lowest BCUT2D eigenvalue weighted by atomic mass is 10.0. The molecule has 0 N–H and O–H groups in total. The van der Waals surface area contributed by atoms with Crippen molar-refractivity contribution in [2.45, 2.75) is 92.4 Å². The lowest BCUT2D eigenvalue weighted by molar-refractivity contribution is 0.261. The van der Waals surface area contributed by atoms with Gasteiger partial charge in [-0.25, -0.2) is 0 Å². The Balaban J connectivity index is 0.000000277. The molecule has 27 heavy (non-hydrogen) atoms. The van der Waals surface area contributed by atoms with Crippen molar-refractivity contribution in [3.63, 3.8) is 0 Å². The lowest BCUT2D eigenvalue weighted by Gasteiger charge is -2.06. The monoisotopic (exact) mass is 390 g/mol. The van der Waals surface area contributed by atoms with Crippen LogP contribution in [0.2, 0.25) is 5.02 Å². The summed E-state index contributed by atoms with van der Waals surface area (Å²) in [6.45, 7) is 11.5. The van der Waals surface area contributed by atoms with Gasteiger partial charge in [0.1, 0.15) is 5.76 Å². The summed E-state index contributed by atoms with van der Waals surface area (Å²) < 4.78 is 5.33.